The number of esters is 1. The molecule has 3 aromatic carbocycles. The molecule has 3 aromatic rings. The molecule has 0 aliphatic rings. The molecule has 0 unspecified atom stereocenters. The zero-order valence-corrected chi connectivity index (χ0v) is 15.5. The van der Waals surface area contributed by atoms with Crippen LogP contribution in [0.15, 0.2) is 83.3 Å². The quantitative estimate of drug-likeness (QED) is 0.404. The van der Waals surface area contributed by atoms with Crippen molar-refractivity contribution in [1.29, 1.82) is 0 Å². The molecule has 132 valence electrons. The first-order valence-electron chi connectivity index (χ1n) is 8.05. The molecule has 0 fully saturated rings. The van der Waals surface area contributed by atoms with Gasteiger partial charge < -0.3 is 14.2 Å². The highest BCUT2D eigenvalue weighted by Crippen LogP contribution is 2.19. The largest absolute Gasteiger partial charge is 0.489 e. The van der Waals surface area contributed by atoms with E-state index in [2.05, 4.69) is 15.9 Å². The van der Waals surface area contributed by atoms with Crippen molar-refractivity contribution in [1.82, 2.24) is 0 Å². The minimum absolute atomic E-state index is 0.166. The van der Waals surface area contributed by atoms with Crippen LogP contribution >= 0.6 is 15.9 Å². The third kappa shape index (κ3) is 5.63. The van der Waals surface area contributed by atoms with Crippen molar-refractivity contribution in [3.8, 4) is 17.2 Å². The predicted octanol–water partition coefficient (Wildman–Crippen LogP) is 5.01. The van der Waals surface area contributed by atoms with Crippen LogP contribution in [0.2, 0.25) is 0 Å². The van der Waals surface area contributed by atoms with Gasteiger partial charge in [-0.2, -0.15) is 0 Å². The van der Waals surface area contributed by atoms with Gasteiger partial charge in [-0.25, -0.2) is 4.79 Å². The Hall–Kier alpha value is -2.79. The predicted molar refractivity (Wildman–Crippen MR) is 102 cm³/mol. The van der Waals surface area contributed by atoms with Crippen LogP contribution in [0.5, 0.6) is 17.2 Å². The number of halogens is 1. The van der Waals surface area contributed by atoms with Gasteiger partial charge in [-0.05, 0) is 54.1 Å². The molecule has 0 aliphatic heterocycles. The Bertz CT molecular complexity index is 830. The van der Waals surface area contributed by atoms with E-state index in [1.807, 2.05) is 30.3 Å². The zero-order chi connectivity index (χ0) is 18.2. The summed E-state index contributed by atoms with van der Waals surface area (Å²) in [6.07, 6.45) is 0. The van der Waals surface area contributed by atoms with Gasteiger partial charge in [0.25, 0.3) is 0 Å². The first kappa shape index (κ1) is 18.0. The molecule has 4 nitrogen and oxygen atoms in total. The molecular formula is C21H17BrO4. The van der Waals surface area contributed by atoms with Crippen LogP contribution in [-0.2, 0) is 11.4 Å². The monoisotopic (exact) mass is 412 g/mol. The molecule has 0 amide bonds. The number of carbonyl (C=O) groups excluding carboxylic acids is 1. The lowest BCUT2D eigenvalue weighted by Crippen LogP contribution is -2.17. The van der Waals surface area contributed by atoms with Crippen molar-refractivity contribution in [3.05, 3.63) is 88.9 Å². The van der Waals surface area contributed by atoms with Gasteiger partial charge in [0.1, 0.15) is 23.9 Å². The fourth-order valence-corrected chi connectivity index (χ4v) is 2.44. The lowest BCUT2D eigenvalue weighted by molar-refractivity contribution is -0.136. The van der Waals surface area contributed by atoms with E-state index in [1.54, 1.807) is 48.5 Å². The van der Waals surface area contributed by atoms with Crippen LogP contribution in [0.1, 0.15) is 5.56 Å². The molecule has 0 aromatic heterocycles. The van der Waals surface area contributed by atoms with Crippen LogP contribution in [0.3, 0.4) is 0 Å². The summed E-state index contributed by atoms with van der Waals surface area (Å²) in [5.41, 5.74) is 1.10. The van der Waals surface area contributed by atoms with E-state index in [-0.39, 0.29) is 6.61 Å². The van der Waals surface area contributed by atoms with Gasteiger partial charge in [-0.15, -0.1) is 0 Å². The van der Waals surface area contributed by atoms with E-state index < -0.39 is 5.97 Å². The van der Waals surface area contributed by atoms with Gasteiger partial charge in [0.2, 0.25) is 0 Å². The molecule has 0 N–H and O–H groups in total. The smallest absolute Gasteiger partial charge is 0.349 e. The second kappa shape index (κ2) is 9.06. The van der Waals surface area contributed by atoms with Gasteiger partial charge in [0.05, 0.1) is 0 Å². The first-order valence-corrected chi connectivity index (χ1v) is 8.84. The lowest BCUT2D eigenvalue weighted by Gasteiger charge is -2.09. The summed E-state index contributed by atoms with van der Waals surface area (Å²) in [6.45, 7) is 0.334. The SMILES string of the molecule is O=C(COc1ccc(OCc2ccccc2)cc1)Oc1ccc(Br)cc1. The summed E-state index contributed by atoms with van der Waals surface area (Å²) in [6, 6.07) is 24.1. The molecule has 3 rings (SSSR count). The first-order chi connectivity index (χ1) is 12.7. The number of hydrogen-bond donors (Lipinski definition) is 0. The molecule has 0 bridgehead atoms. The molecule has 0 atom stereocenters. The summed E-state index contributed by atoms with van der Waals surface area (Å²) >= 11 is 3.33. The summed E-state index contributed by atoms with van der Waals surface area (Å²) in [7, 11) is 0. The Morgan fingerprint density at radius 3 is 1.96 bits per heavy atom. The highest BCUT2D eigenvalue weighted by atomic mass is 79.9. The standard InChI is InChI=1S/C21H17BrO4/c22-17-6-8-20(9-7-17)26-21(23)15-25-19-12-10-18(11-13-19)24-14-16-4-2-1-3-5-16/h1-13H,14-15H2. The average Bonchev–Trinajstić information content (AvgIpc) is 2.68. The summed E-state index contributed by atoms with van der Waals surface area (Å²) in [4.78, 5) is 11.8. The summed E-state index contributed by atoms with van der Waals surface area (Å²) < 4.78 is 17.3. The Kier molecular flexibility index (Phi) is 6.28. The van der Waals surface area contributed by atoms with Gasteiger partial charge in [-0.1, -0.05) is 46.3 Å². The number of hydrogen-bond acceptors (Lipinski definition) is 4. The van der Waals surface area contributed by atoms with Crippen molar-refractivity contribution >= 4 is 21.9 Å². The maximum Gasteiger partial charge on any atom is 0.349 e. The summed E-state index contributed by atoms with van der Waals surface area (Å²) in [5.74, 6) is 1.33. The maximum atomic E-state index is 11.8. The Morgan fingerprint density at radius 2 is 1.31 bits per heavy atom. The Labute approximate surface area is 160 Å². The molecule has 0 saturated heterocycles. The number of rotatable bonds is 7. The van der Waals surface area contributed by atoms with Crippen molar-refractivity contribution in [3.63, 3.8) is 0 Å². The van der Waals surface area contributed by atoms with E-state index in [0.29, 0.717) is 18.1 Å². The van der Waals surface area contributed by atoms with E-state index in [4.69, 9.17) is 14.2 Å². The maximum absolute atomic E-state index is 11.8. The molecule has 0 saturated carbocycles. The van der Waals surface area contributed by atoms with Crippen LogP contribution < -0.4 is 14.2 Å². The van der Waals surface area contributed by atoms with Gasteiger partial charge in [-0.3, -0.25) is 0 Å². The van der Waals surface area contributed by atoms with E-state index in [0.717, 1.165) is 15.8 Å². The molecular weight excluding hydrogens is 396 g/mol. The van der Waals surface area contributed by atoms with Gasteiger partial charge >= 0.3 is 5.97 Å². The molecule has 26 heavy (non-hydrogen) atoms. The summed E-state index contributed by atoms with van der Waals surface area (Å²) in [5, 5.41) is 0. The molecule has 0 spiro atoms. The minimum atomic E-state index is -0.461. The second-order valence-electron chi connectivity index (χ2n) is 5.46. The normalized spacial score (nSPS) is 10.2. The van der Waals surface area contributed by atoms with Crippen molar-refractivity contribution in [2.24, 2.45) is 0 Å². The average molecular weight is 413 g/mol. The molecule has 0 aliphatic carbocycles. The highest BCUT2D eigenvalue weighted by molar-refractivity contribution is 9.10. The van der Waals surface area contributed by atoms with Crippen LogP contribution in [0.4, 0.5) is 0 Å². The van der Waals surface area contributed by atoms with Crippen molar-refractivity contribution in [2.75, 3.05) is 6.61 Å². The number of ether oxygens (including phenoxy) is 3. The third-order valence-corrected chi connectivity index (χ3v) is 4.00. The minimum Gasteiger partial charge on any atom is -0.489 e. The number of carbonyl (C=O) groups is 1. The van der Waals surface area contributed by atoms with Crippen LogP contribution in [0.25, 0.3) is 0 Å². The van der Waals surface area contributed by atoms with Gasteiger partial charge in [0.15, 0.2) is 6.61 Å². The third-order valence-electron chi connectivity index (χ3n) is 3.47. The van der Waals surface area contributed by atoms with Crippen molar-refractivity contribution < 1.29 is 19.0 Å². The van der Waals surface area contributed by atoms with E-state index in [1.165, 1.54) is 0 Å². The Morgan fingerprint density at radius 1 is 0.731 bits per heavy atom. The molecule has 0 heterocycles. The highest BCUT2D eigenvalue weighted by Gasteiger charge is 2.06. The zero-order valence-electron chi connectivity index (χ0n) is 13.9. The molecule has 5 heteroatoms. The van der Waals surface area contributed by atoms with Crippen molar-refractivity contribution in [2.45, 2.75) is 6.61 Å². The molecule has 0 radical (unpaired) electrons. The Balaban J connectivity index is 1.45. The fourth-order valence-electron chi connectivity index (χ4n) is 2.18. The van der Waals surface area contributed by atoms with Crippen LogP contribution in [-0.4, -0.2) is 12.6 Å². The fraction of sp³-hybridized carbons (Fsp3) is 0.0952. The number of benzene rings is 3. The van der Waals surface area contributed by atoms with Crippen LogP contribution in [0, 0.1) is 0 Å². The van der Waals surface area contributed by atoms with Gasteiger partial charge in [0, 0.05) is 4.47 Å². The lowest BCUT2D eigenvalue weighted by atomic mass is 10.2. The van der Waals surface area contributed by atoms with E-state index in [9.17, 15) is 4.79 Å². The van der Waals surface area contributed by atoms with E-state index >= 15 is 0 Å². The second-order valence-corrected chi connectivity index (χ2v) is 6.38. The topological polar surface area (TPSA) is 44.8 Å².